The molecule has 1 aromatic heterocycles. The number of hydrogen-bond donors (Lipinski definition) is 0. The third kappa shape index (κ3) is 4.71. The Kier molecular flexibility index (Phi) is 6.52. The van der Waals surface area contributed by atoms with Gasteiger partial charge in [0.2, 0.25) is 0 Å². The zero-order valence-electron chi connectivity index (χ0n) is 23.2. The van der Waals surface area contributed by atoms with Crippen molar-refractivity contribution in [1.29, 1.82) is 0 Å². The number of amides is 1. The first-order chi connectivity index (χ1) is 19.3. The van der Waals surface area contributed by atoms with Crippen molar-refractivity contribution < 1.29 is 26.7 Å². The summed E-state index contributed by atoms with van der Waals surface area (Å²) >= 11 is 0. The molecule has 41 heavy (non-hydrogen) atoms. The van der Waals surface area contributed by atoms with Crippen LogP contribution in [0.4, 0.5) is 27.6 Å². The van der Waals surface area contributed by atoms with Crippen molar-refractivity contribution in [3.63, 3.8) is 0 Å². The van der Waals surface area contributed by atoms with Crippen LogP contribution in [0.1, 0.15) is 71.5 Å². The van der Waals surface area contributed by atoms with Gasteiger partial charge in [-0.25, -0.2) is 8.78 Å². The fraction of sp³-hybridized carbons (Fsp3) is 0.500. The topological polar surface area (TPSA) is 54.3 Å². The van der Waals surface area contributed by atoms with E-state index < -0.39 is 29.5 Å². The highest BCUT2D eigenvalue weighted by atomic mass is 19.4. The first-order valence-electron chi connectivity index (χ1n) is 13.9. The summed E-state index contributed by atoms with van der Waals surface area (Å²) in [4.78, 5) is 16.8. The van der Waals surface area contributed by atoms with Gasteiger partial charge >= 0.3 is 6.18 Å². The molecular formula is C30H32F5N5O. The van der Waals surface area contributed by atoms with Gasteiger partial charge < -0.3 is 9.47 Å². The van der Waals surface area contributed by atoms with E-state index in [9.17, 15) is 26.7 Å². The second-order valence-electron chi connectivity index (χ2n) is 12.1. The van der Waals surface area contributed by atoms with Gasteiger partial charge in [0.1, 0.15) is 12.2 Å². The summed E-state index contributed by atoms with van der Waals surface area (Å²) in [6.45, 7) is 3.62. The van der Waals surface area contributed by atoms with Gasteiger partial charge in [0, 0.05) is 50.3 Å². The number of alkyl halides is 5. The lowest BCUT2D eigenvalue weighted by Gasteiger charge is -2.46. The summed E-state index contributed by atoms with van der Waals surface area (Å²) in [7, 11) is 1.89. The number of benzene rings is 2. The lowest BCUT2D eigenvalue weighted by atomic mass is 9.58. The average Bonchev–Trinajstić information content (AvgIpc) is 3.46. The van der Waals surface area contributed by atoms with Gasteiger partial charge in [0.05, 0.1) is 17.5 Å². The molecule has 1 amide bonds. The van der Waals surface area contributed by atoms with Crippen LogP contribution in [0.2, 0.25) is 0 Å². The zero-order chi connectivity index (χ0) is 29.3. The normalized spacial score (nSPS) is 26.2. The number of carbonyl (C=O) groups is 1. The maximum Gasteiger partial charge on any atom is 0.416 e. The van der Waals surface area contributed by atoms with Crippen LogP contribution < -0.4 is 4.90 Å². The van der Waals surface area contributed by atoms with E-state index in [1.54, 1.807) is 17.3 Å². The van der Waals surface area contributed by atoms with E-state index in [1.807, 2.05) is 29.8 Å². The van der Waals surface area contributed by atoms with Gasteiger partial charge in [-0.3, -0.25) is 9.69 Å². The van der Waals surface area contributed by atoms with Crippen LogP contribution in [0.3, 0.4) is 0 Å². The van der Waals surface area contributed by atoms with E-state index in [2.05, 4.69) is 17.1 Å². The molecule has 0 radical (unpaired) electrons. The number of hydrogen-bond acceptors (Lipinski definition) is 4. The predicted octanol–water partition coefficient (Wildman–Crippen LogP) is 6.19. The van der Waals surface area contributed by atoms with E-state index in [1.165, 1.54) is 17.9 Å². The highest BCUT2D eigenvalue weighted by Crippen LogP contribution is 2.52. The summed E-state index contributed by atoms with van der Waals surface area (Å²) < 4.78 is 72.7. The molecule has 1 saturated carbocycles. The summed E-state index contributed by atoms with van der Waals surface area (Å²) in [5, 5.41) is 8.42. The molecule has 0 bridgehead atoms. The Morgan fingerprint density at radius 3 is 2.49 bits per heavy atom. The van der Waals surface area contributed by atoms with Gasteiger partial charge in [0.25, 0.3) is 11.8 Å². The number of anilines is 1. The van der Waals surface area contributed by atoms with E-state index in [0.29, 0.717) is 17.2 Å². The van der Waals surface area contributed by atoms with Crippen LogP contribution >= 0.6 is 0 Å². The number of aryl methyl sites for hydroxylation is 1. The number of rotatable bonds is 5. The molecule has 2 aromatic carbocycles. The molecule has 3 aliphatic rings. The second-order valence-corrected chi connectivity index (χ2v) is 12.1. The van der Waals surface area contributed by atoms with Crippen molar-refractivity contribution in [2.24, 2.45) is 18.9 Å². The SMILES string of the molecule is CC1CC(c2cccc(N3Cc4c(cc(CN5CCC(F)(F)[C@H](C)C5)cc4C(F)(F)F)C3=O)c2)(c2nncn2C)C1. The predicted molar refractivity (Wildman–Crippen MR) is 143 cm³/mol. The molecule has 1 atom stereocenters. The number of piperidine rings is 1. The molecule has 1 aliphatic carbocycles. The molecule has 0 spiro atoms. The molecule has 2 aliphatic heterocycles. The first-order valence-corrected chi connectivity index (χ1v) is 13.9. The molecule has 0 unspecified atom stereocenters. The maximum atomic E-state index is 14.3. The molecule has 1 saturated heterocycles. The minimum Gasteiger partial charge on any atom is -0.320 e. The van der Waals surface area contributed by atoms with Crippen molar-refractivity contribution in [1.82, 2.24) is 19.7 Å². The Morgan fingerprint density at radius 1 is 1.10 bits per heavy atom. The highest BCUT2D eigenvalue weighted by Gasteiger charge is 2.49. The number of aromatic nitrogens is 3. The second kappa shape index (κ2) is 9.61. The summed E-state index contributed by atoms with van der Waals surface area (Å²) in [5.41, 5.74) is 0.472. The Hall–Kier alpha value is -3.34. The third-order valence-electron chi connectivity index (χ3n) is 9.07. The Labute approximate surface area is 235 Å². The summed E-state index contributed by atoms with van der Waals surface area (Å²) in [5.74, 6) is -2.91. The van der Waals surface area contributed by atoms with E-state index in [4.69, 9.17) is 0 Å². The Balaban J connectivity index is 1.32. The van der Waals surface area contributed by atoms with Crippen molar-refractivity contribution >= 4 is 11.6 Å². The largest absolute Gasteiger partial charge is 0.416 e. The molecule has 11 heteroatoms. The van der Waals surface area contributed by atoms with Crippen LogP contribution in [-0.2, 0) is 31.7 Å². The lowest BCUT2D eigenvalue weighted by molar-refractivity contribution is -0.138. The maximum absolute atomic E-state index is 14.3. The minimum atomic E-state index is -4.67. The smallest absolute Gasteiger partial charge is 0.320 e. The summed E-state index contributed by atoms with van der Waals surface area (Å²) in [6.07, 6.45) is -1.67. The van der Waals surface area contributed by atoms with E-state index >= 15 is 0 Å². The fourth-order valence-electron chi connectivity index (χ4n) is 6.95. The number of likely N-dealkylation sites (tertiary alicyclic amines) is 1. The number of nitrogens with zero attached hydrogens (tertiary/aromatic N) is 5. The van der Waals surface area contributed by atoms with Crippen LogP contribution in [0.15, 0.2) is 42.7 Å². The molecular weight excluding hydrogens is 541 g/mol. The van der Waals surface area contributed by atoms with Gasteiger partial charge in [0.15, 0.2) is 0 Å². The summed E-state index contributed by atoms with van der Waals surface area (Å²) in [6, 6.07) is 9.99. The van der Waals surface area contributed by atoms with E-state index in [-0.39, 0.29) is 49.1 Å². The van der Waals surface area contributed by atoms with Crippen LogP contribution in [0.25, 0.3) is 0 Å². The van der Waals surface area contributed by atoms with Gasteiger partial charge in [-0.1, -0.05) is 26.0 Å². The van der Waals surface area contributed by atoms with Crippen LogP contribution in [-0.4, -0.2) is 44.6 Å². The monoisotopic (exact) mass is 573 g/mol. The molecule has 0 N–H and O–H groups in total. The van der Waals surface area contributed by atoms with Gasteiger partial charge in [-0.15, -0.1) is 10.2 Å². The molecule has 3 aromatic rings. The molecule has 218 valence electrons. The average molecular weight is 574 g/mol. The minimum absolute atomic E-state index is 0.0101. The zero-order valence-corrected chi connectivity index (χ0v) is 23.2. The standard InChI is InChI=1S/C30H32F5N5O/c1-18-12-28(13-18,27-37-36-17-38(27)3)21-5-4-6-22(11-21)40-16-24-23(26(40)41)9-20(10-25(24)30(33,34)35)15-39-8-7-29(31,32)19(2)14-39/h4-6,9-11,17-19H,7-8,12-16H2,1-3H3/t18?,19-,28?/m1/s1. The van der Waals surface area contributed by atoms with Gasteiger partial charge in [-0.2, -0.15) is 13.2 Å². The number of carbonyl (C=O) groups excluding carboxylic acids is 1. The van der Waals surface area contributed by atoms with E-state index in [0.717, 1.165) is 30.3 Å². The molecule has 3 heterocycles. The van der Waals surface area contributed by atoms with Gasteiger partial charge in [-0.05, 0) is 59.7 Å². The third-order valence-corrected chi connectivity index (χ3v) is 9.07. The molecule has 6 rings (SSSR count). The van der Waals surface area contributed by atoms with Crippen molar-refractivity contribution in [3.8, 4) is 0 Å². The molecule has 6 nitrogen and oxygen atoms in total. The number of halogens is 5. The van der Waals surface area contributed by atoms with Crippen molar-refractivity contribution in [2.45, 2.75) is 63.7 Å². The van der Waals surface area contributed by atoms with Crippen LogP contribution in [0.5, 0.6) is 0 Å². The molecule has 2 fully saturated rings. The number of fused-ring (bicyclic) bond motifs is 1. The fourth-order valence-corrected chi connectivity index (χ4v) is 6.95. The van der Waals surface area contributed by atoms with Crippen molar-refractivity contribution in [3.05, 3.63) is 76.4 Å². The first kappa shape index (κ1) is 27.8. The highest BCUT2D eigenvalue weighted by molar-refractivity contribution is 6.10. The Bertz CT molecular complexity index is 1490. The van der Waals surface area contributed by atoms with Crippen molar-refractivity contribution in [2.75, 3.05) is 18.0 Å². The Morgan fingerprint density at radius 2 is 1.85 bits per heavy atom. The van der Waals surface area contributed by atoms with Crippen LogP contribution in [0, 0.1) is 11.8 Å². The lowest BCUT2D eigenvalue weighted by Crippen LogP contribution is -2.45. The quantitative estimate of drug-likeness (QED) is 0.342.